The maximum Gasteiger partial charge on any atom is 0.165 e. The summed E-state index contributed by atoms with van der Waals surface area (Å²) >= 11 is 0. The monoisotopic (exact) mass is 1720 g/mol. The van der Waals surface area contributed by atoms with Gasteiger partial charge in [0, 0.05) is 142 Å². The van der Waals surface area contributed by atoms with Crippen LogP contribution in [0.3, 0.4) is 0 Å². The van der Waals surface area contributed by atoms with Gasteiger partial charge in [-0.3, -0.25) is 19.9 Å². The second kappa shape index (κ2) is 31.1. The SMILES string of the molecule is c1ccc(-c2nc(-c3ccccc3)nc(-c3cncc(-c4cccc(-n5c6cccc7c6c6c8c-7cccc8ccc65)c4)c3)n2)cc1.c1ccc(-c2nc(-c3ccccc3)nc(-c3cncc(-c4cncc(-n5c6cccc7c6c6c8c-7cccc8ccc65)c4)c3)n2)cc1.c1ccc(-c2nc(-c3ccccc3)nc(-c3cncc(-n4c5cccc6c5c5c7c-6cccc7ccc54)c3)n2)cc1. The molecule has 0 saturated heterocycles. The topological polar surface area (TPSA) is 182 Å². The normalized spacial score (nSPS) is 11.9. The van der Waals surface area contributed by atoms with Gasteiger partial charge in [-0.1, -0.05) is 303 Å². The van der Waals surface area contributed by atoms with Gasteiger partial charge in [-0.05, 0) is 144 Å². The van der Waals surface area contributed by atoms with Gasteiger partial charge in [0.25, 0.3) is 0 Å². The maximum atomic E-state index is 4.92. The van der Waals surface area contributed by atoms with Gasteiger partial charge >= 0.3 is 0 Å². The highest BCUT2D eigenvalue weighted by Gasteiger charge is 2.30. The molecular formula is C119H70N16. The number of hydrogen-bond donors (Lipinski definition) is 0. The first kappa shape index (κ1) is 76.4. The van der Waals surface area contributed by atoms with Crippen LogP contribution in [0.25, 0.3) is 273 Å². The second-order valence-corrected chi connectivity index (χ2v) is 34.1. The molecule has 29 rings (SSSR count). The summed E-state index contributed by atoms with van der Waals surface area (Å²) in [6.45, 7) is 0. The molecule has 16 heteroatoms. The van der Waals surface area contributed by atoms with Crippen molar-refractivity contribution in [3.05, 3.63) is 426 Å². The van der Waals surface area contributed by atoms with Gasteiger partial charge in [0.2, 0.25) is 0 Å². The first-order chi connectivity index (χ1) is 66.9. The van der Waals surface area contributed by atoms with Crippen LogP contribution in [0.2, 0.25) is 0 Å². The molecule has 0 atom stereocenters. The Kier molecular flexibility index (Phi) is 17.6. The molecular weight excluding hydrogens is 1650 g/mol. The van der Waals surface area contributed by atoms with Crippen LogP contribution >= 0.6 is 0 Å². The van der Waals surface area contributed by atoms with E-state index in [1.807, 2.05) is 232 Å². The Morgan fingerprint density at radius 2 is 0.356 bits per heavy atom. The van der Waals surface area contributed by atoms with Gasteiger partial charge in [0.15, 0.2) is 52.4 Å². The molecule has 3 aliphatic rings. The summed E-state index contributed by atoms with van der Waals surface area (Å²) in [5, 5.41) is 15.7. The van der Waals surface area contributed by atoms with Crippen LogP contribution in [-0.2, 0) is 0 Å². The molecule has 16 nitrogen and oxygen atoms in total. The van der Waals surface area contributed by atoms with Crippen LogP contribution in [-0.4, -0.2) is 78.5 Å². The van der Waals surface area contributed by atoms with E-state index in [0.29, 0.717) is 52.4 Å². The average molecular weight is 1720 g/mol. The Balaban J connectivity index is 0.000000103. The third kappa shape index (κ3) is 12.6. The fourth-order valence-corrected chi connectivity index (χ4v) is 20.4. The van der Waals surface area contributed by atoms with Crippen molar-refractivity contribution in [3.8, 4) is 175 Å². The summed E-state index contributed by atoms with van der Waals surface area (Å²) in [4.78, 5) is 62.8. The molecule has 0 fully saturated rings. The summed E-state index contributed by atoms with van der Waals surface area (Å²) in [7, 11) is 0. The van der Waals surface area contributed by atoms with E-state index in [1.54, 1.807) is 0 Å². The van der Waals surface area contributed by atoms with E-state index in [4.69, 9.17) is 49.8 Å². The predicted octanol–water partition coefficient (Wildman–Crippen LogP) is 28.2. The molecule has 0 unspecified atom stereocenters. The van der Waals surface area contributed by atoms with Gasteiger partial charge in [0.05, 0.1) is 56.9 Å². The van der Waals surface area contributed by atoms with Crippen molar-refractivity contribution in [2.24, 2.45) is 0 Å². The number of pyridine rings is 4. The molecule has 10 aromatic heterocycles. The number of aromatic nitrogens is 16. The standard InChI is InChI=1S/C42H25N5.C41H24N6.C36H21N5/c1-3-10-27(11-4-1)40-44-41(28-12-5-2-6-13-28)46-42(45-40)31-22-30(24-43-25-31)29-15-7-16-32(23-29)47-35-19-9-18-34-33-17-8-14-26-20-21-36(47)39(37(26)33)38(34)35;1-3-9-26(10-4-1)39-44-40(27-11-5-2-6-12-27)46-41(45-39)30-19-28(21-42-23-30)29-20-31(24-43-22-29)47-34-16-8-15-33-32-14-7-13-25-17-18-35(47)38(36(25)32)37(33)34;1-3-9-23(10-4-1)34-38-35(24-11-5-2-6-12-24)40-36(39-34)25-19-26(21-37-20-25)41-29-16-8-15-28-27-14-7-13-22-17-18-30(41)33(31(22)27)32(28)29/h1-25H;1-24H;1-21H. The van der Waals surface area contributed by atoms with Crippen LogP contribution in [0.4, 0.5) is 0 Å². The number of nitrogens with zero attached hydrogens (tertiary/aromatic N) is 16. The first-order valence-corrected chi connectivity index (χ1v) is 45.0. The lowest BCUT2D eigenvalue weighted by molar-refractivity contribution is 1.06. The highest BCUT2D eigenvalue weighted by Crippen LogP contribution is 2.54. The molecule has 0 spiro atoms. The van der Waals surface area contributed by atoms with Crippen molar-refractivity contribution in [1.29, 1.82) is 0 Å². The third-order valence-corrected chi connectivity index (χ3v) is 26.3. The minimum absolute atomic E-state index is 0.566. The summed E-state index contributed by atoms with van der Waals surface area (Å²) < 4.78 is 7.05. The fraction of sp³-hybridized carbons (Fsp3) is 0. The first-order valence-electron chi connectivity index (χ1n) is 45.0. The van der Waals surface area contributed by atoms with E-state index in [9.17, 15) is 0 Å². The molecule has 10 heterocycles. The van der Waals surface area contributed by atoms with Gasteiger partial charge in [-0.15, -0.1) is 0 Å². The van der Waals surface area contributed by atoms with Crippen LogP contribution in [0.15, 0.2) is 426 Å². The lowest BCUT2D eigenvalue weighted by Crippen LogP contribution is -2.01. The molecule has 626 valence electrons. The largest absolute Gasteiger partial charge is 0.309 e. The molecule has 0 N–H and O–H groups in total. The van der Waals surface area contributed by atoms with Crippen LogP contribution in [0.5, 0.6) is 0 Å². The minimum atomic E-state index is 0.566. The van der Waals surface area contributed by atoms with E-state index in [-0.39, 0.29) is 0 Å². The van der Waals surface area contributed by atoms with E-state index in [0.717, 1.165) is 89.4 Å². The Morgan fingerprint density at radius 3 is 0.681 bits per heavy atom. The highest BCUT2D eigenvalue weighted by molar-refractivity contribution is 6.36. The van der Waals surface area contributed by atoms with Gasteiger partial charge in [0.1, 0.15) is 0 Å². The second-order valence-electron chi connectivity index (χ2n) is 34.1. The third-order valence-electron chi connectivity index (χ3n) is 26.3. The van der Waals surface area contributed by atoms with Gasteiger partial charge in [-0.2, -0.15) is 0 Å². The van der Waals surface area contributed by atoms with Crippen molar-refractivity contribution in [2.75, 3.05) is 0 Å². The van der Waals surface area contributed by atoms with E-state index >= 15 is 0 Å². The zero-order valence-corrected chi connectivity index (χ0v) is 72.1. The summed E-state index contributed by atoms with van der Waals surface area (Å²) in [6.07, 6.45) is 15.0. The fourth-order valence-electron chi connectivity index (χ4n) is 20.4. The van der Waals surface area contributed by atoms with Crippen LogP contribution in [0, 0.1) is 0 Å². The van der Waals surface area contributed by atoms with Crippen LogP contribution < -0.4 is 0 Å². The van der Waals surface area contributed by atoms with Crippen molar-refractivity contribution in [2.45, 2.75) is 0 Å². The number of benzene rings is 16. The van der Waals surface area contributed by atoms with Crippen molar-refractivity contribution < 1.29 is 0 Å². The van der Waals surface area contributed by atoms with Gasteiger partial charge in [-0.25, -0.2) is 44.9 Å². The molecule has 26 aromatic rings. The quantitative estimate of drug-likeness (QED) is 0.100. The minimum Gasteiger partial charge on any atom is -0.309 e. The molecule has 0 aliphatic heterocycles. The molecule has 0 bridgehead atoms. The Bertz CT molecular complexity index is 8820. The summed E-state index contributed by atoms with van der Waals surface area (Å²) in [5.41, 5.74) is 30.1. The predicted molar refractivity (Wildman–Crippen MR) is 543 cm³/mol. The maximum absolute atomic E-state index is 4.92. The van der Waals surface area contributed by atoms with Crippen molar-refractivity contribution in [1.82, 2.24) is 78.5 Å². The van der Waals surface area contributed by atoms with Gasteiger partial charge < -0.3 is 13.7 Å². The smallest absolute Gasteiger partial charge is 0.165 e. The Hall–Kier alpha value is -18.7. The van der Waals surface area contributed by atoms with Crippen molar-refractivity contribution >= 4 is 97.7 Å². The number of rotatable bonds is 14. The van der Waals surface area contributed by atoms with Crippen LogP contribution in [0.1, 0.15) is 0 Å². The van der Waals surface area contributed by atoms with E-state index < -0.39 is 0 Å². The molecule has 0 radical (unpaired) electrons. The molecule has 16 aromatic carbocycles. The number of fused-ring (bicyclic) bond motifs is 3. The Labute approximate surface area is 772 Å². The molecule has 0 saturated carbocycles. The lowest BCUT2D eigenvalue weighted by Gasteiger charge is -2.13. The molecule has 3 aliphatic carbocycles. The zero-order valence-electron chi connectivity index (χ0n) is 72.1. The van der Waals surface area contributed by atoms with E-state index in [1.165, 1.54) is 131 Å². The van der Waals surface area contributed by atoms with Crippen molar-refractivity contribution in [3.63, 3.8) is 0 Å². The summed E-state index contributed by atoms with van der Waals surface area (Å²) in [6, 6.07) is 130. The number of hydrogen-bond acceptors (Lipinski definition) is 13. The average Bonchev–Trinajstić information content (AvgIpc) is 1.54. The molecule has 0 amide bonds. The zero-order chi connectivity index (χ0) is 88.7. The lowest BCUT2D eigenvalue weighted by atomic mass is 10.0. The summed E-state index contributed by atoms with van der Waals surface area (Å²) in [5.74, 6) is 5.50. The van der Waals surface area contributed by atoms with E-state index in [2.05, 4.69) is 223 Å². The Morgan fingerprint density at radius 1 is 0.133 bits per heavy atom. The molecule has 135 heavy (non-hydrogen) atoms. The highest BCUT2D eigenvalue weighted by atomic mass is 15.1.